The second-order valence-electron chi connectivity index (χ2n) is 5.39. The molecule has 1 aliphatic heterocycles. The molecule has 0 saturated carbocycles. The Morgan fingerprint density at radius 2 is 1.90 bits per heavy atom. The van der Waals surface area contributed by atoms with Gasteiger partial charge in [0.2, 0.25) is 5.91 Å². The SMILES string of the molecule is Cc1ccc(NC(=O)[C@@H]2Cc3ccc(C)cc3S2)c(Br)c1. The largest absolute Gasteiger partial charge is 0.324 e. The average Bonchev–Trinajstić information content (AvgIpc) is 2.85. The highest BCUT2D eigenvalue weighted by molar-refractivity contribution is 9.10. The Kier molecular flexibility index (Phi) is 4.09. The van der Waals surface area contributed by atoms with Gasteiger partial charge in [-0.25, -0.2) is 0 Å². The van der Waals surface area contributed by atoms with Crippen molar-refractivity contribution in [3.8, 4) is 0 Å². The zero-order valence-corrected chi connectivity index (χ0v) is 14.3. The predicted octanol–water partition coefficient (Wildman–Crippen LogP) is 4.72. The maximum Gasteiger partial charge on any atom is 0.238 e. The quantitative estimate of drug-likeness (QED) is 0.838. The molecule has 0 aromatic heterocycles. The van der Waals surface area contributed by atoms with Crippen molar-refractivity contribution in [2.45, 2.75) is 30.4 Å². The van der Waals surface area contributed by atoms with Crippen LogP contribution in [0.4, 0.5) is 5.69 Å². The maximum atomic E-state index is 12.5. The summed E-state index contributed by atoms with van der Waals surface area (Å²) in [4.78, 5) is 13.7. The molecule has 3 rings (SSSR count). The Labute approximate surface area is 137 Å². The minimum absolute atomic E-state index is 0.0463. The van der Waals surface area contributed by atoms with Gasteiger partial charge >= 0.3 is 0 Å². The van der Waals surface area contributed by atoms with E-state index in [1.807, 2.05) is 25.1 Å². The van der Waals surface area contributed by atoms with Crippen molar-refractivity contribution in [1.29, 1.82) is 0 Å². The third kappa shape index (κ3) is 3.16. The fraction of sp³-hybridized carbons (Fsp3) is 0.235. The molecule has 2 nitrogen and oxygen atoms in total. The first-order valence-corrected chi connectivity index (χ1v) is 8.53. The van der Waals surface area contributed by atoms with Crippen molar-refractivity contribution in [2.24, 2.45) is 0 Å². The molecule has 0 unspecified atom stereocenters. The lowest BCUT2D eigenvalue weighted by Crippen LogP contribution is -2.24. The number of nitrogens with one attached hydrogen (secondary N) is 1. The summed E-state index contributed by atoms with van der Waals surface area (Å²) in [5.41, 5.74) is 4.51. The third-order valence-electron chi connectivity index (χ3n) is 3.57. The summed E-state index contributed by atoms with van der Waals surface area (Å²) in [6.45, 7) is 4.11. The minimum atomic E-state index is -0.0463. The van der Waals surface area contributed by atoms with Gasteiger partial charge in [-0.2, -0.15) is 0 Å². The van der Waals surface area contributed by atoms with Gasteiger partial charge in [-0.15, -0.1) is 11.8 Å². The van der Waals surface area contributed by atoms with Crippen LogP contribution in [0.25, 0.3) is 0 Å². The molecule has 0 aliphatic carbocycles. The zero-order chi connectivity index (χ0) is 15.0. The lowest BCUT2D eigenvalue weighted by Gasteiger charge is -2.11. The van der Waals surface area contributed by atoms with E-state index in [4.69, 9.17) is 0 Å². The molecule has 0 fully saturated rings. The van der Waals surface area contributed by atoms with E-state index < -0.39 is 0 Å². The molecule has 1 amide bonds. The highest BCUT2D eigenvalue weighted by Gasteiger charge is 2.28. The van der Waals surface area contributed by atoms with Gasteiger partial charge in [0.1, 0.15) is 0 Å². The molecule has 108 valence electrons. The molecule has 0 bridgehead atoms. The van der Waals surface area contributed by atoms with Crippen LogP contribution in [-0.4, -0.2) is 11.2 Å². The number of thioether (sulfide) groups is 1. The van der Waals surface area contributed by atoms with Gasteiger partial charge in [0.25, 0.3) is 0 Å². The summed E-state index contributed by atoms with van der Waals surface area (Å²) >= 11 is 5.16. The molecule has 4 heteroatoms. The molecule has 1 N–H and O–H groups in total. The first-order chi connectivity index (χ1) is 10.0. The summed E-state index contributed by atoms with van der Waals surface area (Å²) < 4.78 is 0.923. The van der Waals surface area contributed by atoms with Gasteiger partial charge < -0.3 is 5.32 Å². The summed E-state index contributed by atoms with van der Waals surface area (Å²) in [6.07, 6.45) is 0.801. The van der Waals surface area contributed by atoms with E-state index in [2.05, 4.69) is 46.4 Å². The average molecular weight is 362 g/mol. The molecule has 1 atom stereocenters. The number of aryl methyl sites for hydroxylation is 2. The fourth-order valence-corrected chi connectivity index (χ4v) is 4.30. The summed E-state index contributed by atoms with van der Waals surface area (Å²) in [5.74, 6) is 0.0680. The van der Waals surface area contributed by atoms with Crippen molar-refractivity contribution < 1.29 is 4.79 Å². The number of carbonyl (C=O) groups excluding carboxylic acids is 1. The van der Waals surface area contributed by atoms with E-state index in [9.17, 15) is 4.79 Å². The van der Waals surface area contributed by atoms with Crippen LogP contribution in [0, 0.1) is 13.8 Å². The Balaban J connectivity index is 1.73. The normalized spacial score (nSPS) is 16.6. The van der Waals surface area contributed by atoms with Crippen molar-refractivity contribution in [3.05, 3.63) is 57.6 Å². The number of hydrogen-bond donors (Lipinski definition) is 1. The second-order valence-corrected chi connectivity index (χ2v) is 7.49. The maximum absolute atomic E-state index is 12.5. The van der Waals surface area contributed by atoms with Gasteiger partial charge in [-0.1, -0.05) is 23.8 Å². The number of carbonyl (C=O) groups is 1. The number of halogens is 1. The van der Waals surface area contributed by atoms with E-state index >= 15 is 0 Å². The molecule has 2 aromatic rings. The van der Waals surface area contributed by atoms with Crippen LogP contribution in [0.2, 0.25) is 0 Å². The molecule has 1 heterocycles. The van der Waals surface area contributed by atoms with Crippen LogP contribution in [0.1, 0.15) is 16.7 Å². The standard InChI is InChI=1S/C17H16BrNOS/c1-10-4-6-14(13(18)7-10)19-17(20)16-9-12-5-3-11(2)8-15(12)21-16/h3-8,16H,9H2,1-2H3,(H,19,20)/t16-/m0/s1. The van der Waals surface area contributed by atoms with Crippen molar-refractivity contribution in [2.75, 3.05) is 5.32 Å². The molecule has 0 spiro atoms. The number of rotatable bonds is 2. The second kappa shape index (κ2) is 5.85. The Morgan fingerprint density at radius 1 is 1.19 bits per heavy atom. The van der Waals surface area contributed by atoms with E-state index in [1.54, 1.807) is 11.8 Å². The van der Waals surface area contributed by atoms with Crippen molar-refractivity contribution >= 4 is 39.3 Å². The number of benzene rings is 2. The molecule has 1 aliphatic rings. The molecular weight excluding hydrogens is 346 g/mol. The van der Waals surface area contributed by atoms with Crippen LogP contribution in [0.5, 0.6) is 0 Å². The number of hydrogen-bond acceptors (Lipinski definition) is 2. The van der Waals surface area contributed by atoms with Crippen LogP contribution in [0.3, 0.4) is 0 Å². The van der Waals surface area contributed by atoms with Gasteiger partial charge in [-0.05, 0) is 65.5 Å². The minimum Gasteiger partial charge on any atom is -0.324 e. The van der Waals surface area contributed by atoms with Gasteiger partial charge in [0, 0.05) is 9.37 Å². The first-order valence-electron chi connectivity index (χ1n) is 6.86. The van der Waals surface area contributed by atoms with E-state index in [-0.39, 0.29) is 11.2 Å². The molecule has 21 heavy (non-hydrogen) atoms. The van der Waals surface area contributed by atoms with E-state index in [0.717, 1.165) is 22.1 Å². The number of anilines is 1. The summed E-state index contributed by atoms with van der Waals surface area (Å²) in [6, 6.07) is 12.3. The topological polar surface area (TPSA) is 29.1 Å². The number of fused-ring (bicyclic) bond motifs is 1. The molecule has 0 saturated heterocycles. The van der Waals surface area contributed by atoms with Crippen molar-refractivity contribution in [1.82, 2.24) is 0 Å². The highest BCUT2D eigenvalue weighted by Crippen LogP contribution is 2.38. The van der Waals surface area contributed by atoms with Crippen LogP contribution >= 0.6 is 27.7 Å². The summed E-state index contributed by atoms with van der Waals surface area (Å²) in [5, 5.41) is 2.98. The third-order valence-corrected chi connectivity index (χ3v) is 5.53. The fourth-order valence-electron chi connectivity index (χ4n) is 2.42. The smallest absolute Gasteiger partial charge is 0.238 e. The van der Waals surface area contributed by atoms with Crippen LogP contribution in [-0.2, 0) is 11.2 Å². The molecule has 0 radical (unpaired) electrons. The van der Waals surface area contributed by atoms with Gasteiger partial charge in [-0.3, -0.25) is 4.79 Å². The Morgan fingerprint density at radius 3 is 2.67 bits per heavy atom. The predicted molar refractivity (Wildman–Crippen MR) is 92.0 cm³/mol. The monoisotopic (exact) mass is 361 g/mol. The number of amides is 1. The van der Waals surface area contributed by atoms with Gasteiger partial charge in [0.05, 0.1) is 10.9 Å². The van der Waals surface area contributed by atoms with Crippen LogP contribution in [0.15, 0.2) is 45.8 Å². The Hall–Kier alpha value is -1.26. The first kappa shape index (κ1) is 14.7. The molecular formula is C17H16BrNOS. The van der Waals surface area contributed by atoms with E-state index in [0.29, 0.717) is 0 Å². The Bertz CT molecular complexity index is 714. The molecule has 2 aromatic carbocycles. The lowest BCUT2D eigenvalue weighted by molar-refractivity contribution is -0.115. The lowest BCUT2D eigenvalue weighted by atomic mass is 10.1. The van der Waals surface area contributed by atoms with E-state index in [1.165, 1.54) is 16.0 Å². The summed E-state index contributed by atoms with van der Waals surface area (Å²) in [7, 11) is 0. The highest BCUT2D eigenvalue weighted by atomic mass is 79.9. The van der Waals surface area contributed by atoms with Gasteiger partial charge in [0.15, 0.2) is 0 Å². The zero-order valence-electron chi connectivity index (χ0n) is 11.9. The van der Waals surface area contributed by atoms with Crippen molar-refractivity contribution in [3.63, 3.8) is 0 Å². The van der Waals surface area contributed by atoms with Crippen LogP contribution < -0.4 is 5.32 Å².